The molecule has 0 aliphatic rings. The van der Waals surface area contributed by atoms with Crippen LogP contribution in [0.25, 0.3) is 10.8 Å². The minimum Gasteiger partial charge on any atom is -0.497 e. The fraction of sp³-hybridized carbons (Fsp3) is 0.368. The summed E-state index contributed by atoms with van der Waals surface area (Å²) >= 11 is 0. The van der Waals surface area contributed by atoms with E-state index in [0.29, 0.717) is 11.8 Å². The van der Waals surface area contributed by atoms with Gasteiger partial charge in [0.2, 0.25) is 0 Å². The van der Waals surface area contributed by atoms with Crippen LogP contribution in [-0.2, 0) is 15.1 Å². The monoisotopic (exact) mass is 329 g/mol. The zero-order chi connectivity index (χ0) is 18.0. The zero-order valence-corrected chi connectivity index (χ0v) is 14.7. The normalized spacial score (nSPS) is 13.9. The maximum Gasteiger partial charge on any atom is 0.408 e. The van der Waals surface area contributed by atoms with Gasteiger partial charge < -0.3 is 19.6 Å². The van der Waals surface area contributed by atoms with E-state index in [1.165, 1.54) is 0 Å². The molecule has 1 atom stereocenters. The molecule has 1 N–H and O–H groups in total. The lowest BCUT2D eigenvalue weighted by atomic mass is 9.91. The predicted molar refractivity (Wildman–Crippen MR) is 93.3 cm³/mol. The molecule has 2 aromatic rings. The fourth-order valence-electron chi connectivity index (χ4n) is 2.36. The Morgan fingerprint density at radius 3 is 2.25 bits per heavy atom. The lowest BCUT2D eigenvalue weighted by Gasteiger charge is -2.28. The number of hydrogen-bond donors (Lipinski definition) is 1. The van der Waals surface area contributed by atoms with E-state index in [4.69, 9.17) is 9.47 Å². The molecular formula is C19H23NO4. The van der Waals surface area contributed by atoms with Gasteiger partial charge in [0.15, 0.2) is 0 Å². The van der Waals surface area contributed by atoms with Gasteiger partial charge in [0, 0.05) is 0 Å². The lowest BCUT2D eigenvalue weighted by molar-refractivity contribution is -0.113. The quantitative estimate of drug-likeness (QED) is 0.867. The number of amides is 1. The topological polar surface area (TPSA) is 64.6 Å². The predicted octanol–water partition coefficient (Wildman–Crippen LogP) is 3.79. The molecule has 0 radical (unpaired) electrons. The van der Waals surface area contributed by atoms with E-state index in [2.05, 4.69) is 5.32 Å². The third-order valence-corrected chi connectivity index (χ3v) is 3.64. The van der Waals surface area contributed by atoms with Gasteiger partial charge in [-0.2, -0.15) is 0 Å². The first-order valence-electron chi connectivity index (χ1n) is 7.73. The number of alkyl carbamates (subject to hydrolysis) is 1. The molecule has 0 aliphatic heterocycles. The smallest absolute Gasteiger partial charge is 0.408 e. The van der Waals surface area contributed by atoms with Crippen LogP contribution < -0.4 is 10.1 Å². The van der Waals surface area contributed by atoms with Crippen molar-refractivity contribution in [3.8, 4) is 5.75 Å². The number of hydrogen-bond acceptors (Lipinski definition) is 4. The molecule has 0 aromatic heterocycles. The van der Waals surface area contributed by atoms with Crippen LogP contribution in [0, 0.1) is 0 Å². The van der Waals surface area contributed by atoms with E-state index in [1.807, 2.05) is 36.4 Å². The number of benzene rings is 2. The summed E-state index contributed by atoms with van der Waals surface area (Å²) in [6, 6.07) is 11.3. The van der Waals surface area contributed by atoms with Gasteiger partial charge in [-0.25, -0.2) is 4.79 Å². The number of methoxy groups -OCH3 is 1. The van der Waals surface area contributed by atoms with Gasteiger partial charge >= 0.3 is 6.09 Å². The SMILES string of the molecule is COc1ccc2cc(C(C)(C=O)NC(=O)OC(C)(C)C)ccc2c1. The third kappa shape index (κ3) is 4.04. The van der Waals surface area contributed by atoms with Crippen molar-refractivity contribution in [3.63, 3.8) is 0 Å². The van der Waals surface area contributed by atoms with Crippen LogP contribution in [0.4, 0.5) is 4.79 Å². The molecule has 0 aliphatic carbocycles. The van der Waals surface area contributed by atoms with Crippen LogP contribution in [0.3, 0.4) is 0 Å². The second-order valence-electron chi connectivity index (χ2n) is 6.87. The van der Waals surface area contributed by atoms with E-state index < -0.39 is 17.2 Å². The van der Waals surface area contributed by atoms with Gasteiger partial charge in [0.1, 0.15) is 23.2 Å². The Kier molecular flexibility index (Phi) is 4.83. The van der Waals surface area contributed by atoms with Gasteiger partial charge in [-0.3, -0.25) is 0 Å². The Hall–Kier alpha value is -2.56. The molecular weight excluding hydrogens is 306 g/mol. The van der Waals surface area contributed by atoms with Crippen molar-refractivity contribution in [2.45, 2.75) is 38.8 Å². The Bertz CT molecular complexity index is 764. The highest BCUT2D eigenvalue weighted by atomic mass is 16.6. The van der Waals surface area contributed by atoms with Crippen LogP contribution in [0.2, 0.25) is 0 Å². The molecule has 5 nitrogen and oxygen atoms in total. The second-order valence-corrected chi connectivity index (χ2v) is 6.87. The molecule has 5 heteroatoms. The third-order valence-electron chi connectivity index (χ3n) is 3.64. The number of carbonyl (C=O) groups is 2. The van der Waals surface area contributed by atoms with E-state index in [-0.39, 0.29) is 0 Å². The van der Waals surface area contributed by atoms with Crippen molar-refractivity contribution in [3.05, 3.63) is 42.0 Å². The Morgan fingerprint density at radius 2 is 1.67 bits per heavy atom. The standard InChI is InChI=1S/C19H23NO4/c1-18(2,3)24-17(22)20-19(4,12-21)15-8-6-14-11-16(23-5)9-7-13(14)10-15/h6-12H,1-5H3,(H,20,22). The van der Waals surface area contributed by atoms with Crippen LogP contribution in [0.15, 0.2) is 36.4 Å². The number of carbonyl (C=O) groups excluding carboxylic acids is 2. The molecule has 1 unspecified atom stereocenters. The summed E-state index contributed by atoms with van der Waals surface area (Å²) in [4.78, 5) is 23.7. The average molecular weight is 329 g/mol. The first kappa shape index (κ1) is 17.8. The highest BCUT2D eigenvalue weighted by Crippen LogP contribution is 2.26. The lowest BCUT2D eigenvalue weighted by Crippen LogP contribution is -2.46. The molecule has 0 saturated heterocycles. The fourth-order valence-corrected chi connectivity index (χ4v) is 2.36. The van der Waals surface area contributed by atoms with Crippen molar-refractivity contribution in [1.29, 1.82) is 0 Å². The maximum atomic E-state index is 12.0. The maximum absolute atomic E-state index is 12.0. The van der Waals surface area contributed by atoms with Gasteiger partial charge in [-0.1, -0.05) is 18.2 Å². The summed E-state index contributed by atoms with van der Waals surface area (Å²) in [7, 11) is 1.61. The molecule has 1 amide bonds. The second kappa shape index (κ2) is 6.51. The molecule has 0 heterocycles. The molecule has 0 bridgehead atoms. The number of rotatable bonds is 4. The van der Waals surface area contributed by atoms with E-state index in [9.17, 15) is 9.59 Å². The summed E-state index contributed by atoms with van der Waals surface area (Å²) < 4.78 is 10.5. The van der Waals surface area contributed by atoms with Gasteiger partial charge in [-0.05, 0) is 62.2 Å². The highest BCUT2D eigenvalue weighted by Gasteiger charge is 2.30. The summed E-state index contributed by atoms with van der Waals surface area (Å²) in [6.07, 6.45) is 0.0775. The molecule has 0 spiro atoms. The first-order valence-corrected chi connectivity index (χ1v) is 7.73. The van der Waals surface area contributed by atoms with Crippen molar-refractivity contribution >= 4 is 23.2 Å². The Labute approximate surface area is 141 Å². The van der Waals surface area contributed by atoms with Crippen LogP contribution in [0.5, 0.6) is 5.75 Å². The zero-order valence-electron chi connectivity index (χ0n) is 14.7. The molecule has 0 saturated carbocycles. The minimum atomic E-state index is -1.17. The largest absolute Gasteiger partial charge is 0.497 e. The molecule has 128 valence electrons. The van der Waals surface area contributed by atoms with Crippen molar-refractivity contribution in [1.82, 2.24) is 5.32 Å². The molecule has 2 rings (SSSR count). The van der Waals surface area contributed by atoms with Crippen LogP contribution >= 0.6 is 0 Å². The molecule has 24 heavy (non-hydrogen) atoms. The Balaban J connectivity index is 2.33. The van der Waals surface area contributed by atoms with E-state index in [1.54, 1.807) is 34.8 Å². The van der Waals surface area contributed by atoms with Gasteiger partial charge in [0.25, 0.3) is 0 Å². The van der Waals surface area contributed by atoms with Crippen LogP contribution in [-0.4, -0.2) is 25.1 Å². The summed E-state index contributed by atoms with van der Waals surface area (Å²) in [5, 5.41) is 4.59. The Morgan fingerprint density at radius 1 is 1.04 bits per heavy atom. The van der Waals surface area contributed by atoms with E-state index in [0.717, 1.165) is 16.5 Å². The van der Waals surface area contributed by atoms with Gasteiger partial charge in [0.05, 0.1) is 7.11 Å². The molecule has 2 aromatic carbocycles. The highest BCUT2D eigenvalue weighted by molar-refractivity contribution is 5.87. The number of ether oxygens (including phenoxy) is 2. The first-order chi connectivity index (χ1) is 11.2. The summed E-state index contributed by atoms with van der Waals surface area (Å²) in [5.41, 5.74) is -1.12. The van der Waals surface area contributed by atoms with Crippen molar-refractivity contribution in [2.75, 3.05) is 7.11 Å². The minimum absolute atomic E-state index is 0.631. The van der Waals surface area contributed by atoms with Crippen molar-refractivity contribution in [2.24, 2.45) is 0 Å². The number of fused-ring (bicyclic) bond motifs is 1. The van der Waals surface area contributed by atoms with Crippen molar-refractivity contribution < 1.29 is 19.1 Å². The summed E-state index contributed by atoms with van der Waals surface area (Å²) in [6.45, 7) is 6.96. The van der Waals surface area contributed by atoms with Gasteiger partial charge in [-0.15, -0.1) is 0 Å². The van der Waals surface area contributed by atoms with Crippen LogP contribution in [0.1, 0.15) is 33.3 Å². The van der Waals surface area contributed by atoms with E-state index >= 15 is 0 Å². The average Bonchev–Trinajstić information content (AvgIpc) is 2.51. The number of aldehydes is 1. The number of nitrogens with one attached hydrogen (secondary N) is 1. The summed E-state index contributed by atoms with van der Waals surface area (Å²) in [5.74, 6) is 0.764. The molecule has 0 fully saturated rings.